The van der Waals surface area contributed by atoms with Crippen LogP contribution < -0.4 is 5.73 Å². The van der Waals surface area contributed by atoms with Gasteiger partial charge in [0.25, 0.3) is 0 Å². The van der Waals surface area contributed by atoms with Gasteiger partial charge in [0.15, 0.2) is 0 Å². The standard InChI is InChI=1S/C14H13N3O3S2/c15-10-12(18)17-11(14(19)20)9(7-22-13(10)17)21-5-3-8-2-1-4-16-6-8/h1-6,10,13H,7,15H2,(H,19,20)/t10-,13+/m1/s1. The summed E-state index contributed by atoms with van der Waals surface area (Å²) in [7, 11) is 0. The molecule has 1 amide bonds. The number of nitrogens with zero attached hydrogens (tertiary/aromatic N) is 2. The van der Waals surface area contributed by atoms with E-state index in [2.05, 4.69) is 4.98 Å². The highest BCUT2D eigenvalue weighted by Crippen LogP contribution is 2.42. The van der Waals surface area contributed by atoms with E-state index in [0.717, 1.165) is 5.56 Å². The number of hydrogen-bond acceptors (Lipinski definition) is 6. The fraction of sp³-hybridized carbons (Fsp3) is 0.214. The molecule has 3 rings (SSSR count). The second-order valence-corrected chi connectivity index (χ2v) is 6.83. The predicted molar refractivity (Wildman–Crippen MR) is 86.6 cm³/mol. The SMILES string of the molecule is N[C@@H]1C(=O)N2C(C(=O)O)=C(SC=Cc3cccnc3)CS[C@@H]12. The van der Waals surface area contributed by atoms with Gasteiger partial charge in [-0.2, -0.15) is 0 Å². The number of carbonyl (C=O) groups excluding carboxylic acids is 1. The molecule has 114 valence electrons. The molecule has 2 aliphatic heterocycles. The summed E-state index contributed by atoms with van der Waals surface area (Å²) in [6.45, 7) is 0. The number of aliphatic carboxylic acids is 1. The van der Waals surface area contributed by atoms with Crippen LogP contribution >= 0.6 is 23.5 Å². The van der Waals surface area contributed by atoms with Gasteiger partial charge in [-0.3, -0.25) is 14.7 Å². The van der Waals surface area contributed by atoms with Crippen molar-refractivity contribution in [2.45, 2.75) is 11.4 Å². The molecule has 0 aliphatic carbocycles. The van der Waals surface area contributed by atoms with Gasteiger partial charge in [-0.25, -0.2) is 4.79 Å². The van der Waals surface area contributed by atoms with E-state index in [1.54, 1.807) is 17.8 Å². The number of carbonyl (C=O) groups is 2. The van der Waals surface area contributed by atoms with Crippen molar-refractivity contribution in [3.05, 3.63) is 46.1 Å². The Bertz CT molecular complexity index is 675. The molecule has 6 nitrogen and oxygen atoms in total. The van der Waals surface area contributed by atoms with Crippen LogP contribution in [0, 0.1) is 0 Å². The molecule has 3 N–H and O–H groups in total. The minimum absolute atomic E-state index is 0.0521. The molecule has 0 bridgehead atoms. The number of hydrogen-bond donors (Lipinski definition) is 2. The van der Waals surface area contributed by atoms with E-state index in [1.807, 2.05) is 18.2 Å². The lowest BCUT2D eigenvalue weighted by Crippen LogP contribution is -2.68. The Morgan fingerprint density at radius 3 is 3.09 bits per heavy atom. The minimum Gasteiger partial charge on any atom is -0.477 e. The van der Waals surface area contributed by atoms with Gasteiger partial charge in [0.05, 0.1) is 0 Å². The van der Waals surface area contributed by atoms with Crippen LogP contribution in [0.15, 0.2) is 40.5 Å². The normalized spacial score (nSPS) is 24.4. The van der Waals surface area contributed by atoms with Crippen molar-refractivity contribution >= 4 is 41.5 Å². The highest BCUT2D eigenvalue weighted by atomic mass is 32.2. The summed E-state index contributed by atoms with van der Waals surface area (Å²) < 4.78 is 0. The first-order valence-electron chi connectivity index (χ1n) is 6.49. The first-order valence-corrected chi connectivity index (χ1v) is 8.42. The summed E-state index contributed by atoms with van der Waals surface area (Å²) in [5.41, 5.74) is 6.68. The summed E-state index contributed by atoms with van der Waals surface area (Å²) in [5, 5.41) is 10.9. The predicted octanol–water partition coefficient (Wildman–Crippen LogP) is 1.32. The van der Waals surface area contributed by atoms with Crippen LogP contribution in [0.3, 0.4) is 0 Å². The van der Waals surface area contributed by atoms with E-state index in [1.165, 1.54) is 28.4 Å². The molecule has 8 heteroatoms. The average molecular weight is 335 g/mol. The summed E-state index contributed by atoms with van der Waals surface area (Å²) in [5.74, 6) is -0.891. The van der Waals surface area contributed by atoms with Crippen molar-refractivity contribution in [1.82, 2.24) is 9.88 Å². The summed E-state index contributed by atoms with van der Waals surface area (Å²) in [6.07, 6.45) is 5.25. The number of rotatable bonds is 4. The minimum atomic E-state index is -1.09. The molecule has 1 saturated heterocycles. The Morgan fingerprint density at radius 1 is 1.59 bits per heavy atom. The maximum atomic E-state index is 11.8. The molecule has 2 atom stereocenters. The molecule has 0 unspecified atom stereocenters. The van der Waals surface area contributed by atoms with Gasteiger partial charge in [-0.1, -0.05) is 17.8 Å². The van der Waals surface area contributed by atoms with Crippen molar-refractivity contribution in [1.29, 1.82) is 0 Å². The Kier molecular flexibility index (Phi) is 4.23. The highest BCUT2D eigenvalue weighted by molar-refractivity contribution is 8.08. The van der Waals surface area contributed by atoms with E-state index in [4.69, 9.17) is 5.73 Å². The third-order valence-corrected chi connectivity index (χ3v) is 5.71. The number of β-lactam (4-membered cyclic amide) rings is 1. The first-order chi connectivity index (χ1) is 10.6. The third-order valence-electron chi connectivity index (χ3n) is 3.33. The van der Waals surface area contributed by atoms with Crippen molar-refractivity contribution in [3.8, 4) is 0 Å². The number of nitrogens with two attached hydrogens (primary N) is 1. The number of aromatic nitrogens is 1. The Morgan fingerprint density at radius 2 is 2.41 bits per heavy atom. The van der Waals surface area contributed by atoms with Crippen LogP contribution in [0.2, 0.25) is 0 Å². The number of pyridine rings is 1. The first kappa shape index (κ1) is 15.1. The van der Waals surface area contributed by atoms with E-state index in [0.29, 0.717) is 10.7 Å². The van der Waals surface area contributed by atoms with Gasteiger partial charge >= 0.3 is 5.97 Å². The molecule has 0 saturated carbocycles. The molecule has 1 aromatic rings. The average Bonchev–Trinajstić information content (AvgIpc) is 2.54. The van der Waals surface area contributed by atoms with Crippen molar-refractivity contribution < 1.29 is 14.7 Å². The number of carboxylic acid groups (broad SMARTS) is 1. The zero-order chi connectivity index (χ0) is 15.7. The summed E-state index contributed by atoms with van der Waals surface area (Å²) >= 11 is 2.80. The highest BCUT2D eigenvalue weighted by Gasteiger charge is 2.51. The summed E-state index contributed by atoms with van der Waals surface area (Å²) in [6, 6.07) is 3.13. The molecule has 22 heavy (non-hydrogen) atoms. The van der Waals surface area contributed by atoms with Crippen molar-refractivity contribution in [3.63, 3.8) is 0 Å². The zero-order valence-electron chi connectivity index (χ0n) is 11.4. The number of fused-ring (bicyclic) bond motifs is 1. The lowest BCUT2D eigenvalue weighted by Gasteiger charge is -2.47. The number of amides is 1. The molecular weight excluding hydrogens is 322 g/mol. The molecule has 1 fully saturated rings. The lowest BCUT2D eigenvalue weighted by molar-refractivity contribution is -0.147. The van der Waals surface area contributed by atoms with E-state index < -0.39 is 12.0 Å². The molecule has 0 aromatic carbocycles. The molecule has 0 radical (unpaired) electrons. The van der Waals surface area contributed by atoms with Gasteiger partial charge in [0, 0.05) is 23.1 Å². The number of thioether (sulfide) groups is 2. The van der Waals surface area contributed by atoms with Crippen molar-refractivity contribution in [2.75, 3.05) is 5.75 Å². The summed E-state index contributed by atoms with van der Waals surface area (Å²) in [4.78, 5) is 29.2. The zero-order valence-corrected chi connectivity index (χ0v) is 13.0. The number of carboxylic acids is 1. The van der Waals surface area contributed by atoms with Crippen molar-refractivity contribution in [2.24, 2.45) is 5.73 Å². The van der Waals surface area contributed by atoms with Gasteiger partial charge in [-0.15, -0.1) is 11.8 Å². The molecule has 2 aliphatic rings. The fourth-order valence-corrected chi connectivity index (χ4v) is 4.55. The smallest absolute Gasteiger partial charge is 0.353 e. The molecular formula is C14H13N3O3S2. The molecule has 0 spiro atoms. The Hall–Kier alpha value is -1.77. The van der Waals surface area contributed by atoms with Gasteiger partial charge in [0.2, 0.25) is 5.91 Å². The Labute approximate surface area is 135 Å². The van der Waals surface area contributed by atoms with E-state index in [9.17, 15) is 14.7 Å². The van der Waals surface area contributed by atoms with Gasteiger partial charge < -0.3 is 10.8 Å². The lowest BCUT2D eigenvalue weighted by atomic mass is 10.1. The van der Waals surface area contributed by atoms with Crippen LogP contribution in [0.4, 0.5) is 0 Å². The van der Waals surface area contributed by atoms with Crippen LogP contribution in [0.25, 0.3) is 6.08 Å². The van der Waals surface area contributed by atoms with Gasteiger partial charge in [-0.05, 0) is 23.1 Å². The van der Waals surface area contributed by atoms with E-state index >= 15 is 0 Å². The second kappa shape index (κ2) is 6.15. The van der Waals surface area contributed by atoms with Gasteiger partial charge in [0.1, 0.15) is 17.1 Å². The Balaban J connectivity index is 1.80. The third kappa shape index (κ3) is 2.65. The topological polar surface area (TPSA) is 96.5 Å². The quantitative estimate of drug-likeness (QED) is 0.801. The fourth-order valence-electron chi connectivity index (χ4n) is 2.25. The maximum absolute atomic E-state index is 11.8. The van der Waals surface area contributed by atoms with Crippen LogP contribution in [0.1, 0.15) is 5.56 Å². The maximum Gasteiger partial charge on any atom is 0.353 e. The molecule has 3 heterocycles. The van der Waals surface area contributed by atoms with Crippen LogP contribution in [0.5, 0.6) is 0 Å². The largest absolute Gasteiger partial charge is 0.477 e. The van der Waals surface area contributed by atoms with Crippen LogP contribution in [-0.2, 0) is 9.59 Å². The van der Waals surface area contributed by atoms with E-state index in [-0.39, 0.29) is 17.0 Å². The second-order valence-electron chi connectivity index (χ2n) is 4.72. The van der Waals surface area contributed by atoms with Crippen LogP contribution in [-0.4, -0.2) is 44.0 Å². The molecule has 1 aromatic heterocycles. The monoisotopic (exact) mass is 335 g/mol.